The summed E-state index contributed by atoms with van der Waals surface area (Å²) in [6, 6.07) is 3.98. The molecule has 0 amide bonds. The van der Waals surface area contributed by atoms with E-state index in [0.717, 1.165) is 48.7 Å². The molecule has 110 valence electrons. The van der Waals surface area contributed by atoms with Crippen LogP contribution in [0, 0.1) is 0 Å². The van der Waals surface area contributed by atoms with Gasteiger partial charge in [0.05, 0.1) is 25.5 Å². The predicted octanol–water partition coefficient (Wildman–Crippen LogP) is 2.68. The molecule has 3 rings (SSSR count). The third-order valence-electron chi connectivity index (χ3n) is 4.42. The summed E-state index contributed by atoms with van der Waals surface area (Å²) < 4.78 is 11.1. The Morgan fingerprint density at radius 2 is 1.65 bits per heavy atom. The molecule has 0 spiro atoms. The zero-order valence-electron chi connectivity index (χ0n) is 12.3. The van der Waals surface area contributed by atoms with E-state index in [9.17, 15) is 5.11 Å². The molecule has 0 aromatic heterocycles. The summed E-state index contributed by atoms with van der Waals surface area (Å²) in [5.74, 6) is 1.61. The molecule has 0 bridgehead atoms. The lowest BCUT2D eigenvalue weighted by atomic mass is 10.0. The van der Waals surface area contributed by atoms with Crippen molar-refractivity contribution in [3.63, 3.8) is 0 Å². The van der Waals surface area contributed by atoms with Gasteiger partial charge in [-0.3, -0.25) is 0 Å². The van der Waals surface area contributed by atoms with Crippen molar-refractivity contribution in [2.75, 3.05) is 32.2 Å². The van der Waals surface area contributed by atoms with Gasteiger partial charge in [0.15, 0.2) is 0 Å². The van der Waals surface area contributed by atoms with Gasteiger partial charge in [0.25, 0.3) is 0 Å². The summed E-state index contributed by atoms with van der Waals surface area (Å²) in [6.45, 7) is 2.12. The van der Waals surface area contributed by atoms with E-state index in [4.69, 9.17) is 9.47 Å². The molecule has 2 aliphatic rings. The Labute approximate surface area is 120 Å². The quantitative estimate of drug-likeness (QED) is 0.918. The monoisotopic (exact) mass is 277 g/mol. The average Bonchev–Trinajstić information content (AvgIpc) is 3.25. The van der Waals surface area contributed by atoms with Gasteiger partial charge in [0, 0.05) is 24.7 Å². The second-order valence-electron chi connectivity index (χ2n) is 5.80. The summed E-state index contributed by atoms with van der Waals surface area (Å²) in [5, 5.41) is 10.4. The molecule has 1 saturated carbocycles. The first-order chi connectivity index (χ1) is 9.68. The number of anilines is 1. The molecule has 0 atom stereocenters. The highest BCUT2D eigenvalue weighted by Gasteiger charge is 2.45. The molecule has 1 saturated heterocycles. The standard InChI is InChI=1S/C16H23NO3/c1-19-14-11-13(17-8-4-3-5-9-17)15(20-2)10-12(14)16(18)6-7-16/h10-11,18H,3-9H2,1-2H3. The molecule has 1 aliphatic heterocycles. The highest BCUT2D eigenvalue weighted by atomic mass is 16.5. The van der Waals surface area contributed by atoms with Crippen molar-refractivity contribution in [2.24, 2.45) is 0 Å². The van der Waals surface area contributed by atoms with E-state index in [2.05, 4.69) is 4.90 Å². The Kier molecular flexibility index (Phi) is 3.50. The number of aliphatic hydroxyl groups is 1. The number of rotatable bonds is 4. The van der Waals surface area contributed by atoms with Crippen LogP contribution in [0.25, 0.3) is 0 Å². The average molecular weight is 277 g/mol. The van der Waals surface area contributed by atoms with E-state index in [-0.39, 0.29) is 0 Å². The van der Waals surface area contributed by atoms with Gasteiger partial charge in [-0.25, -0.2) is 0 Å². The van der Waals surface area contributed by atoms with Gasteiger partial charge in [-0.05, 0) is 38.2 Å². The van der Waals surface area contributed by atoms with Crippen LogP contribution in [0.3, 0.4) is 0 Å². The fourth-order valence-corrected chi connectivity index (χ4v) is 3.01. The number of hydrogen-bond donors (Lipinski definition) is 1. The first-order valence-corrected chi connectivity index (χ1v) is 7.42. The van der Waals surface area contributed by atoms with Crippen LogP contribution in [0.5, 0.6) is 11.5 Å². The molecular formula is C16H23NO3. The maximum absolute atomic E-state index is 10.4. The largest absolute Gasteiger partial charge is 0.496 e. The second kappa shape index (κ2) is 5.17. The van der Waals surface area contributed by atoms with Crippen molar-refractivity contribution < 1.29 is 14.6 Å². The number of ether oxygens (including phenoxy) is 2. The van der Waals surface area contributed by atoms with Crippen LogP contribution in [0.2, 0.25) is 0 Å². The van der Waals surface area contributed by atoms with Crippen molar-refractivity contribution in [3.05, 3.63) is 17.7 Å². The molecule has 1 N–H and O–H groups in total. The van der Waals surface area contributed by atoms with Crippen LogP contribution >= 0.6 is 0 Å². The molecule has 0 unspecified atom stereocenters. The van der Waals surface area contributed by atoms with Gasteiger partial charge in [-0.15, -0.1) is 0 Å². The Balaban J connectivity index is 2.01. The zero-order chi connectivity index (χ0) is 14.2. The number of nitrogens with zero attached hydrogens (tertiary/aromatic N) is 1. The van der Waals surface area contributed by atoms with Crippen LogP contribution in [0.4, 0.5) is 5.69 Å². The van der Waals surface area contributed by atoms with Gasteiger partial charge in [0.1, 0.15) is 11.5 Å². The lowest BCUT2D eigenvalue weighted by Gasteiger charge is -2.31. The topological polar surface area (TPSA) is 41.9 Å². The minimum atomic E-state index is -0.709. The third-order valence-corrected chi connectivity index (χ3v) is 4.42. The van der Waals surface area contributed by atoms with Gasteiger partial charge in [-0.1, -0.05) is 0 Å². The van der Waals surface area contributed by atoms with Gasteiger partial charge < -0.3 is 19.5 Å². The van der Waals surface area contributed by atoms with Crippen LogP contribution in [-0.4, -0.2) is 32.4 Å². The highest BCUT2D eigenvalue weighted by Crippen LogP contribution is 2.51. The lowest BCUT2D eigenvalue weighted by Crippen LogP contribution is -2.29. The SMILES string of the molecule is COc1cc(C2(O)CC2)c(OC)cc1N1CCCCC1. The van der Waals surface area contributed by atoms with Crippen molar-refractivity contribution in [1.82, 2.24) is 0 Å². The van der Waals surface area contributed by atoms with E-state index < -0.39 is 5.60 Å². The van der Waals surface area contributed by atoms with Crippen molar-refractivity contribution >= 4 is 5.69 Å². The van der Waals surface area contributed by atoms with Crippen LogP contribution in [0.1, 0.15) is 37.7 Å². The minimum absolute atomic E-state index is 0.709. The number of hydrogen-bond acceptors (Lipinski definition) is 4. The van der Waals surface area contributed by atoms with Crippen molar-refractivity contribution in [3.8, 4) is 11.5 Å². The predicted molar refractivity (Wildman–Crippen MR) is 78.7 cm³/mol. The van der Waals surface area contributed by atoms with E-state index in [1.54, 1.807) is 14.2 Å². The summed E-state index contributed by atoms with van der Waals surface area (Å²) in [5.41, 5.74) is 1.23. The molecule has 1 aromatic rings. The summed E-state index contributed by atoms with van der Waals surface area (Å²) in [7, 11) is 3.35. The Morgan fingerprint density at radius 3 is 2.20 bits per heavy atom. The zero-order valence-corrected chi connectivity index (χ0v) is 12.3. The van der Waals surface area contributed by atoms with Crippen LogP contribution < -0.4 is 14.4 Å². The smallest absolute Gasteiger partial charge is 0.142 e. The maximum atomic E-state index is 10.4. The third kappa shape index (κ3) is 2.33. The number of methoxy groups -OCH3 is 2. The fraction of sp³-hybridized carbons (Fsp3) is 0.625. The minimum Gasteiger partial charge on any atom is -0.496 e. The molecule has 4 heteroatoms. The summed E-state index contributed by atoms with van der Waals surface area (Å²) in [4.78, 5) is 2.35. The van der Waals surface area contributed by atoms with E-state index >= 15 is 0 Å². The van der Waals surface area contributed by atoms with Gasteiger partial charge in [0.2, 0.25) is 0 Å². The molecule has 4 nitrogen and oxygen atoms in total. The van der Waals surface area contributed by atoms with Crippen molar-refractivity contribution in [2.45, 2.75) is 37.7 Å². The van der Waals surface area contributed by atoms with E-state index in [0.29, 0.717) is 0 Å². The maximum Gasteiger partial charge on any atom is 0.142 e. The Hall–Kier alpha value is -1.42. The normalized spacial score (nSPS) is 20.6. The molecule has 0 radical (unpaired) electrons. The Morgan fingerprint density at radius 1 is 1.00 bits per heavy atom. The first-order valence-electron chi connectivity index (χ1n) is 7.42. The summed E-state index contributed by atoms with van der Waals surface area (Å²) in [6.07, 6.45) is 5.34. The van der Waals surface area contributed by atoms with E-state index in [1.165, 1.54) is 19.3 Å². The molecule has 2 fully saturated rings. The van der Waals surface area contributed by atoms with E-state index in [1.807, 2.05) is 12.1 Å². The Bertz CT molecular complexity index is 491. The number of piperidine rings is 1. The van der Waals surface area contributed by atoms with Crippen molar-refractivity contribution in [1.29, 1.82) is 0 Å². The highest BCUT2D eigenvalue weighted by molar-refractivity contribution is 5.65. The van der Waals surface area contributed by atoms with Crippen LogP contribution in [0.15, 0.2) is 12.1 Å². The second-order valence-corrected chi connectivity index (χ2v) is 5.80. The number of benzene rings is 1. The van der Waals surface area contributed by atoms with Crippen LogP contribution in [-0.2, 0) is 5.60 Å². The molecule has 1 aromatic carbocycles. The van der Waals surface area contributed by atoms with Gasteiger partial charge in [-0.2, -0.15) is 0 Å². The molecule has 20 heavy (non-hydrogen) atoms. The molecule has 1 heterocycles. The summed E-state index contributed by atoms with van der Waals surface area (Å²) >= 11 is 0. The molecule has 1 aliphatic carbocycles. The van der Waals surface area contributed by atoms with Gasteiger partial charge >= 0.3 is 0 Å². The lowest BCUT2D eigenvalue weighted by molar-refractivity contribution is 0.147. The fourth-order valence-electron chi connectivity index (χ4n) is 3.01. The first kappa shape index (κ1) is 13.6. The molecular weight excluding hydrogens is 254 g/mol.